The fourth-order valence-corrected chi connectivity index (χ4v) is 2.74. The van der Waals surface area contributed by atoms with E-state index in [1.165, 1.54) is 11.1 Å². The molecule has 0 amide bonds. The molecule has 1 aliphatic rings. The summed E-state index contributed by atoms with van der Waals surface area (Å²) in [6.45, 7) is 4.69. The minimum absolute atomic E-state index is 0.194. The molecule has 104 valence electrons. The van der Waals surface area contributed by atoms with E-state index in [1.54, 1.807) is 6.20 Å². The van der Waals surface area contributed by atoms with Crippen molar-refractivity contribution in [2.75, 3.05) is 6.54 Å². The number of fused-ring (bicyclic) bond motifs is 1. The summed E-state index contributed by atoms with van der Waals surface area (Å²) in [4.78, 5) is 12.5. The van der Waals surface area contributed by atoms with Crippen LogP contribution in [0.15, 0.2) is 30.6 Å². The molecule has 1 N–H and O–H groups in total. The summed E-state index contributed by atoms with van der Waals surface area (Å²) in [5, 5.41) is 7.57. The second-order valence-corrected chi connectivity index (χ2v) is 5.17. The molecule has 0 saturated carbocycles. The van der Waals surface area contributed by atoms with Crippen LogP contribution >= 0.6 is 0 Å². The van der Waals surface area contributed by atoms with Gasteiger partial charge in [0.2, 0.25) is 0 Å². The second-order valence-electron chi connectivity index (χ2n) is 5.17. The first-order valence-electron chi connectivity index (χ1n) is 7.14. The van der Waals surface area contributed by atoms with E-state index in [4.69, 9.17) is 0 Å². The fraction of sp³-hybridized carbons (Fsp3) is 0.375. The first-order valence-corrected chi connectivity index (χ1v) is 7.14. The third-order valence-electron chi connectivity index (χ3n) is 3.82. The lowest BCUT2D eigenvalue weighted by atomic mass is 9.92. The number of nitrogens with one attached hydrogen (secondary N) is 1. The van der Waals surface area contributed by atoms with Crippen molar-refractivity contribution in [3.8, 4) is 0 Å². The van der Waals surface area contributed by atoms with E-state index in [0.29, 0.717) is 6.42 Å². The number of carbonyl (C=O) groups excluding carboxylic acids is 1. The number of carbonyl (C=O) groups is 1. The van der Waals surface area contributed by atoms with Gasteiger partial charge in [0.15, 0.2) is 5.78 Å². The van der Waals surface area contributed by atoms with Crippen LogP contribution in [0.3, 0.4) is 0 Å². The normalized spacial score (nSPS) is 14.1. The summed E-state index contributed by atoms with van der Waals surface area (Å²) in [6.07, 6.45) is 5.11. The summed E-state index contributed by atoms with van der Waals surface area (Å²) in [5.74, 6) is 0.194. The van der Waals surface area contributed by atoms with Crippen molar-refractivity contribution >= 4 is 5.78 Å². The van der Waals surface area contributed by atoms with Crippen molar-refractivity contribution in [3.63, 3.8) is 0 Å². The van der Waals surface area contributed by atoms with Gasteiger partial charge < -0.3 is 5.32 Å². The largest absolute Gasteiger partial charge is 0.312 e. The molecule has 20 heavy (non-hydrogen) atoms. The van der Waals surface area contributed by atoms with E-state index in [2.05, 4.69) is 16.5 Å². The molecule has 0 radical (unpaired) electrons. The fourth-order valence-electron chi connectivity index (χ4n) is 2.74. The van der Waals surface area contributed by atoms with Crippen LogP contribution in [0.1, 0.15) is 34.0 Å². The number of hydrogen-bond acceptors (Lipinski definition) is 3. The molecule has 0 fully saturated rings. The van der Waals surface area contributed by atoms with Gasteiger partial charge in [-0.3, -0.25) is 9.48 Å². The van der Waals surface area contributed by atoms with Gasteiger partial charge in [-0.15, -0.1) is 0 Å². The summed E-state index contributed by atoms with van der Waals surface area (Å²) in [6, 6.07) is 6.04. The molecule has 3 rings (SSSR count). The molecule has 1 aliphatic heterocycles. The lowest BCUT2D eigenvalue weighted by Crippen LogP contribution is -2.25. The van der Waals surface area contributed by atoms with Crippen LogP contribution in [-0.2, 0) is 25.9 Å². The van der Waals surface area contributed by atoms with Crippen LogP contribution in [0, 0.1) is 0 Å². The topological polar surface area (TPSA) is 46.9 Å². The predicted octanol–water partition coefficient (Wildman–Crippen LogP) is 1.97. The number of Topliss-reactive ketones (excluding diaryl/α,β-unsaturated/α-hetero) is 1. The standard InChI is InChI=1S/C16H19N3O/c1-2-19-11-12(9-18-19)8-16(20)15-5-3-4-13-10-17-7-6-14(13)15/h3-5,9,11,17H,2,6-8,10H2,1H3. The Bertz CT molecular complexity index is 630. The number of aromatic nitrogens is 2. The summed E-state index contributed by atoms with van der Waals surface area (Å²) in [7, 11) is 0. The predicted molar refractivity (Wildman–Crippen MR) is 77.8 cm³/mol. The highest BCUT2D eigenvalue weighted by atomic mass is 16.1. The average Bonchev–Trinajstić information content (AvgIpc) is 2.94. The molecule has 0 unspecified atom stereocenters. The van der Waals surface area contributed by atoms with Gasteiger partial charge in [-0.1, -0.05) is 18.2 Å². The molecule has 0 bridgehead atoms. The number of ketones is 1. The van der Waals surface area contributed by atoms with Crippen LogP contribution in [0.4, 0.5) is 0 Å². The Labute approximate surface area is 118 Å². The lowest BCUT2D eigenvalue weighted by Gasteiger charge is -2.19. The SMILES string of the molecule is CCn1cc(CC(=O)c2cccc3c2CCNC3)cn1. The summed E-state index contributed by atoms with van der Waals surface area (Å²) >= 11 is 0. The second kappa shape index (κ2) is 5.59. The monoisotopic (exact) mass is 269 g/mol. The van der Waals surface area contributed by atoms with E-state index in [0.717, 1.165) is 37.2 Å². The van der Waals surface area contributed by atoms with Crippen molar-refractivity contribution in [3.05, 3.63) is 52.8 Å². The molecule has 0 saturated heterocycles. The van der Waals surface area contributed by atoms with Gasteiger partial charge in [0.1, 0.15) is 0 Å². The maximum atomic E-state index is 12.5. The zero-order chi connectivity index (χ0) is 13.9. The molecule has 1 aromatic heterocycles. The van der Waals surface area contributed by atoms with E-state index in [1.807, 2.05) is 29.9 Å². The van der Waals surface area contributed by atoms with Gasteiger partial charge in [0.05, 0.1) is 6.20 Å². The molecular formula is C16H19N3O. The molecule has 2 aromatic rings. The maximum absolute atomic E-state index is 12.5. The van der Waals surface area contributed by atoms with E-state index in [9.17, 15) is 4.79 Å². The van der Waals surface area contributed by atoms with Crippen molar-refractivity contribution in [1.82, 2.24) is 15.1 Å². The minimum atomic E-state index is 0.194. The van der Waals surface area contributed by atoms with Crippen LogP contribution in [0.25, 0.3) is 0 Å². The number of benzene rings is 1. The molecule has 4 nitrogen and oxygen atoms in total. The molecular weight excluding hydrogens is 250 g/mol. The van der Waals surface area contributed by atoms with E-state index < -0.39 is 0 Å². The molecule has 0 aliphatic carbocycles. The van der Waals surface area contributed by atoms with Crippen molar-refractivity contribution < 1.29 is 4.79 Å². The van der Waals surface area contributed by atoms with E-state index >= 15 is 0 Å². The Hall–Kier alpha value is -1.94. The van der Waals surface area contributed by atoms with E-state index in [-0.39, 0.29) is 5.78 Å². The molecule has 0 spiro atoms. The Morgan fingerprint density at radius 3 is 3.15 bits per heavy atom. The molecule has 1 aromatic carbocycles. The number of hydrogen-bond donors (Lipinski definition) is 1. The van der Waals surface area contributed by atoms with Crippen LogP contribution in [0.2, 0.25) is 0 Å². The Morgan fingerprint density at radius 2 is 2.35 bits per heavy atom. The highest BCUT2D eigenvalue weighted by Crippen LogP contribution is 2.20. The molecule has 2 heterocycles. The van der Waals surface area contributed by atoms with Crippen molar-refractivity contribution in [2.24, 2.45) is 0 Å². The summed E-state index contributed by atoms with van der Waals surface area (Å²) in [5.41, 5.74) is 4.35. The lowest BCUT2D eigenvalue weighted by molar-refractivity contribution is 0.0992. The first kappa shape index (κ1) is 13.1. The Balaban J connectivity index is 1.83. The van der Waals surface area contributed by atoms with Gasteiger partial charge in [0.25, 0.3) is 0 Å². The van der Waals surface area contributed by atoms with Crippen LogP contribution in [0.5, 0.6) is 0 Å². The minimum Gasteiger partial charge on any atom is -0.312 e. The van der Waals surface area contributed by atoms with Gasteiger partial charge >= 0.3 is 0 Å². The smallest absolute Gasteiger partial charge is 0.167 e. The highest BCUT2D eigenvalue weighted by Gasteiger charge is 2.17. The van der Waals surface area contributed by atoms with Gasteiger partial charge in [-0.25, -0.2) is 0 Å². The van der Waals surface area contributed by atoms with Crippen LogP contribution < -0.4 is 5.32 Å². The molecule has 0 atom stereocenters. The van der Waals surface area contributed by atoms with Crippen molar-refractivity contribution in [2.45, 2.75) is 32.9 Å². The zero-order valence-electron chi connectivity index (χ0n) is 11.7. The number of aryl methyl sites for hydroxylation is 1. The van der Waals surface area contributed by atoms with Gasteiger partial charge in [0, 0.05) is 31.3 Å². The van der Waals surface area contributed by atoms with Crippen LogP contribution in [-0.4, -0.2) is 22.1 Å². The Morgan fingerprint density at radius 1 is 1.45 bits per heavy atom. The average molecular weight is 269 g/mol. The maximum Gasteiger partial charge on any atom is 0.167 e. The van der Waals surface area contributed by atoms with Gasteiger partial charge in [-0.2, -0.15) is 5.10 Å². The first-order chi connectivity index (χ1) is 9.78. The van der Waals surface area contributed by atoms with Crippen molar-refractivity contribution in [1.29, 1.82) is 0 Å². The third kappa shape index (κ3) is 2.51. The quantitative estimate of drug-likeness (QED) is 0.863. The number of nitrogens with zero attached hydrogens (tertiary/aromatic N) is 2. The highest BCUT2D eigenvalue weighted by molar-refractivity contribution is 5.99. The zero-order valence-corrected chi connectivity index (χ0v) is 11.7. The summed E-state index contributed by atoms with van der Waals surface area (Å²) < 4.78 is 1.85. The molecule has 4 heteroatoms. The third-order valence-corrected chi connectivity index (χ3v) is 3.82. The number of rotatable bonds is 4. The Kier molecular flexibility index (Phi) is 3.65. The van der Waals surface area contributed by atoms with Gasteiger partial charge in [-0.05, 0) is 36.6 Å².